The lowest BCUT2D eigenvalue weighted by atomic mass is 10.2. The van der Waals surface area contributed by atoms with Gasteiger partial charge in [0.05, 0.1) is 6.54 Å². The van der Waals surface area contributed by atoms with E-state index in [0.717, 1.165) is 31.0 Å². The van der Waals surface area contributed by atoms with Gasteiger partial charge in [0.25, 0.3) is 0 Å². The SMILES string of the molecule is CCNC(=NCc1cccnc1Oc1cccc(F)c1)NCCCCSC. The second-order valence-corrected chi connectivity index (χ2v) is 6.83. The maximum Gasteiger partial charge on any atom is 0.224 e. The van der Waals surface area contributed by atoms with Crippen molar-refractivity contribution in [1.29, 1.82) is 0 Å². The van der Waals surface area contributed by atoms with Crippen LogP contribution in [0.15, 0.2) is 47.6 Å². The molecule has 0 fully saturated rings. The highest BCUT2D eigenvalue weighted by Gasteiger charge is 2.07. The van der Waals surface area contributed by atoms with Gasteiger partial charge in [-0.25, -0.2) is 14.4 Å². The van der Waals surface area contributed by atoms with Gasteiger partial charge in [-0.3, -0.25) is 0 Å². The number of pyridine rings is 1. The maximum absolute atomic E-state index is 13.4. The van der Waals surface area contributed by atoms with Crippen molar-refractivity contribution in [2.75, 3.05) is 25.1 Å². The summed E-state index contributed by atoms with van der Waals surface area (Å²) >= 11 is 1.86. The fraction of sp³-hybridized carbons (Fsp3) is 0.400. The molecule has 2 N–H and O–H groups in total. The second kappa shape index (κ2) is 12.2. The number of guanidine groups is 1. The van der Waals surface area contributed by atoms with Gasteiger partial charge in [0, 0.05) is 30.9 Å². The Morgan fingerprint density at radius 3 is 2.89 bits per heavy atom. The van der Waals surface area contributed by atoms with E-state index in [-0.39, 0.29) is 5.82 Å². The van der Waals surface area contributed by atoms with Crippen molar-refractivity contribution in [3.05, 3.63) is 54.0 Å². The normalized spacial score (nSPS) is 11.3. The second-order valence-electron chi connectivity index (χ2n) is 5.85. The molecule has 2 aromatic rings. The summed E-state index contributed by atoms with van der Waals surface area (Å²) in [6, 6.07) is 9.77. The van der Waals surface area contributed by atoms with Gasteiger partial charge in [-0.1, -0.05) is 12.1 Å². The molecule has 0 saturated carbocycles. The van der Waals surface area contributed by atoms with E-state index in [2.05, 4.69) is 26.9 Å². The monoisotopic (exact) mass is 390 g/mol. The van der Waals surface area contributed by atoms with E-state index in [0.29, 0.717) is 18.2 Å². The molecule has 0 unspecified atom stereocenters. The molecule has 146 valence electrons. The van der Waals surface area contributed by atoms with E-state index in [1.54, 1.807) is 18.3 Å². The van der Waals surface area contributed by atoms with Crippen LogP contribution in [0.4, 0.5) is 4.39 Å². The number of aromatic nitrogens is 1. The van der Waals surface area contributed by atoms with Gasteiger partial charge in [-0.05, 0) is 50.0 Å². The van der Waals surface area contributed by atoms with E-state index in [9.17, 15) is 4.39 Å². The van der Waals surface area contributed by atoms with Crippen molar-refractivity contribution < 1.29 is 9.13 Å². The Morgan fingerprint density at radius 1 is 1.22 bits per heavy atom. The Bertz CT molecular complexity index is 727. The highest BCUT2D eigenvalue weighted by molar-refractivity contribution is 7.98. The van der Waals surface area contributed by atoms with E-state index < -0.39 is 0 Å². The highest BCUT2D eigenvalue weighted by atomic mass is 32.2. The number of nitrogens with zero attached hydrogens (tertiary/aromatic N) is 2. The molecule has 0 atom stereocenters. The fourth-order valence-electron chi connectivity index (χ4n) is 2.36. The molecule has 0 amide bonds. The lowest BCUT2D eigenvalue weighted by Gasteiger charge is -2.12. The Balaban J connectivity index is 2.00. The number of hydrogen-bond donors (Lipinski definition) is 2. The minimum atomic E-state index is -0.344. The zero-order valence-electron chi connectivity index (χ0n) is 15.9. The molecule has 0 aliphatic heterocycles. The summed E-state index contributed by atoms with van der Waals surface area (Å²) in [5.41, 5.74) is 0.835. The van der Waals surface area contributed by atoms with Crippen LogP contribution in [0.5, 0.6) is 11.6 Å². The summed E-state index contributed by atoms with van der Waals surface area (Å²) in [6.07, 6.45) is 6.06. The molecule has 27 heavy (non-hydrogen) atoms. The molecule has 0 aliphatic carbocycles. The van der Waals surface area contributed by atoms with Gasteiger partial charge < -0.3 is 15.4 Å². The Labute approximate surface area is 164 Å². The molecule has 1 aromatic carbocycles. The molecular weight excluding hydrogens is 363 g/mol. The van der Waals surface area contributed by atoms with Crippen LogP contribution in [0.1, 0.15) is 25.3 Å². The molecule has 1 heterocycles. The molecule has 0 radical (unpaired) electrons. The molecule has 5 nitrogen and oxygen atoms in total. The number of ether oxygens (including phenoxy) is 1. The van der Waals surface area contributed by atoms with Crippen LogP contribution in [0.2, 0.25) is 0 Å². The van der Waals surface area contributed by atoms with Crippen LogP contribution in [0, 0.1) is 5.82 Å². The van der Waals surface area contributed by atoms with Gasteiger partial charge in [-0.15, -0.1) is 0 Å². The summed E-state index contributed by atoms with van der Waals surface area (Å²) in [6.45, 7) is 4.12. The molecule has 0 aliphatic rings. The molecular formula is C20H27FN4OS. The summed E-state index contributed by atoms with van der Waals surface area (Å²) in [4.78, 5) is 8.88. The van der Waals surface area contributed by atoms with Crippen LogP contribution in [-0.2, 0) is 6.54 Å². The van der Waals surface area contributed by atoms with Gasteiger partial charge >= 0.3 is 0 Å². The van der Waals surface area contributed by atoms with Gasteiger partial charge in [0.2, 0.25) is 5.88 Å². The lowest BCUT2D eigenvalue weighted by Crippen LogP contribution is -2.37. The van der Waals surface area contributed by atoms with E-state index in [4.69, 9.17) is 4.74 Å². The Morgan fingerprint density at radius 2 is 2.11 bits per heavy atom. The van der Waals surface area contributed by atoms with Gasteiger partial charge in [-0.2, -0.15) is 11.8 Å². The predicted molar refractivity (Wildman–Crippen MR) is 111 cm³/mol. The lowest BCUT2D eigenvalue weighted by molar-refractivity contribution is 0.452. The highest BCUT2D eigenvalue weighted by Crippen LogP contribution is 2.23. The first-order chi connectivity index (χ1) is 13.2. The van der Waals surface area contributed by atoms with Crippen molar-refractivity contribution in [3.8, 4) is 11.6 Å². The predicted octanol–water partition coefficient (Wildman–Crippen LogP) is 4.21. The first-order valence-corrected chi connectivity index (χ1v) is 10.5. The van der Waals surface area contributed by atoms with Crippen molar-refractivity contribution in [3.63, 3.8) is 0 Å². The van der Waals surface area contributed by atoms with Crippen LogP contribution in [-0.4, -0.2) is 36.0 Å². The van der Waals surface area contributed by atoms with Crippen LogP contribution in [0.3, 0.4) is 0 Å². The first-order valence-electron chi connectivity index (χ1n) is 9.11. The van der Waals surface area contributed by atoms with Crippen LogP contribution < -0.4 is 15.4 Å². The Kier molecular flexibility index (Phi) is 9.48. The number of thioether (sulfide) groups is 1. The molecule has 7 heteroatoms. The van der Waals surface area contributed by atoms with Crippen LogP contribution in [0.25, 0.3) is 0 Å². The van der Waals surface area contributed by atoms with E-state index in [1.807, 2.05) is 30.8 Å². The number of rotatable bonds is 10. The molecule has 2 rings (SSSR count). The van der Waals surface area contributed by atoms with Crippen molar-refractivity contribution in [2.45, 2.75) is 26.3 Å². The van der Waals surface area contributed by atoms with Crippen LogP contribution >= 0.6 is 11.8 Å². The first kappa shape index (κ1) is 21.0. The summed E-state index contributed by atoms with van der Waals surface area (Å²) in [5.74, 6) is 2.44. The number of halogens is 1. The minimum Gasteiger partial charge on any atom is -0.439 e. The number of unbranched alkanes of at least 4 members (excludes halogenated alkanes) is 1. The molecule has 0 saturated heterocycles. The van der Waals surface area contributed by atoms with Crippen molar-refractivity contribution >= 4 is 17.7 Å². The smallest absolute Gasteiger partial charge is 0.224 e. The third-order valence-corrected chi connectivity index (χ3v) is 4.38. The summed E-state index contributed by atoms with van der Waals surface area (Å²) < 4.78 is 19.1. The molecule has 0 bridgehead atoms. The zero-order valence-corrected chi connectivity index (χ0v) is 16.7. The van der Waals surface area contributed by atoms with Crippen molar-refractivity contribution in [1.82, 2.24) is 15.6 Å². The standard InChI is InChI=1S/C20H27FN4OS/c1-3-22-20(24-11-4-5-13-27-2)25-15-16-8-7-12-23-19(16)26-18-10-6-9-17(21)14-18/h6-10,12,14H,3-5,11,13,15H2,1-2H3,(H2,22,24,25). The number of aliphatic imine (C=N–C) groups is 1. The topological polar surface area (TPSA) is 58.5 Å². The number of benzene rings is 1. The summed E-state index contributed by atoms with van der Waals surface area (Å²) in [5, 5.41) is 6.59. The number of nitrogens with one attached hydrogen (secondary N) is 2. The quantitative estimate of drug-likeness (QED) is 0.362. The average molecular weight is 391 g/mol. The van der Waals surface area contributed by atoms with Gasteiger partial charge in [0.1, 0.15) is 11.6 Å². The largest absolute Gasteiger partial charge is 0.439 e. The van der Waals surface area contributed by atoms with E-state index >= 15 is 0 Å². The zero-order chi connectivity index (χ0) is 19.3. The average Bonchev–Trinajstić information content (AvgIpc) is 2.67. The van der Waals surface area contributed by atoms with Crippen molar-refractivity contribution in [2.24, 2.45) is 4.99 Å². The third-order valence-electron chi connectivity index (χ3n) is 3.68. The maximum atomic E-state index is 13.4. The fourth-order valence-corrected chi connectivity index (χ4v) is 2.86. The van der Waals surface area contributed by atoms with E-state index in [1.165, 1.54) is 24.3 Å². The third kappa shape index (κ3) is 7.86. The molecule has 1 aromatic heterocycles. The van der Waals surface area contributed by atoms with Gasteiger partial charge in [0.15, 0.2) is 5.96 Å². The minimum absolute atomic E-state index is 0.344. The Hall–Kier alpha value is -2.28. The number of hydrogen-bond acceptors (Lipinski definition) is 4. The summed E-state index contributed by atoms with van der Waals surface area (Å²) in [7, 11) is 0. The molecule has 0 spiro atoms.